The number of hydrogen-bond donors (Lipinski definition) is 1. The molecule has 1 atom stereocenters. The molecule has 13 heavy (non-hydrogen) atoms. The Kier molecular flexibility index (Phi) is 2.93. The summed E-state index contributed by atoms with van der Waals surface area (Å²) in [4.78, 5) is 4.20. The van der Waals surface area contributed by atoms with Crippen molar-refractivity contribution in [3.05, 3.63) is 5.21 Å². The van der Waals surface area contributed by atoms with E-state index in [9.17, 15) is 5.21 Å². The van der Waals surface area contributed by atoms with Gasteiger partial charge in [-0.05, 0) is 12.3 Å². The SMILES string of the molecule is CCC(C)(C1=NCN([O-])N1)C(C)C. The molecule has 0 aromatic rings. The highest BCUT2D eigenvalue weighted by Gasteiger charge is 2.34. The van der Waals surface area contributed by atoms with Gasteiger partial charge in [-0.3, -0.25) is 10.2 Å². The summed E-state index contributed by atoms with van der Waals surface area (Å²) in [6, 6.07) is 0. The highest BCUT2D eigenvalue weighted by Crippen LogP contribution is 2.32. The van der Waals surface area contributed by atoms with E-state index >= 15 is 0 Å². The Labute approximate surface area is 79.6 Å². The van der Waals surface area contributed by atoms with E-state index in [4.69, 9.17) is 0 Å². The van der Waals surface area contributed by atoms with Crippen molar-refractivity contribution in [3.8, 4) is 0 Å². The number of hydrogen-bond acceptors (Lipinski definition) is 4. The van der Waals surface area contributed by atoms with E-state index in [1.807, 2.05) is 0 Å². The Balaban J connectivity index is 2.78. The number of hydroxylamine groups is 1. The van der Waals surface area contributed by atoms with Gasteiger partial charge in [-0.1, -0.05) is 27.7 Å². The first-order valence-corrected chi connectivity index (χ1v) is 4.77. The van der Waals surface area contributed by atoms with E-state index in [-0.39, 0.29) is 12.1 Å². The largest absolute Gasteiger partial charge is 0.766 e. The highest BCUT2D eigenvalue weighted by molar-refractivity contribution is 5.88. The molecule has 0 bridgehead atoms. The van der Waals surface area contributed by atoms with Crippen LogP contribution in [-0.4, -0.2) is 17.7 Å². The molecule has 1 N–H and O–H groups in total. The number of rotatable bonds is 3. The average molecular weight is 184 g/mol. The van der Waals surface area contributed by atoms with Gasteiger partial charge in [0, 0.05) is 5.41 Å². The fourth-order valence-electron chi connectivity index (χ4n) is 1.48. The van der Waals surface area contributed by atoms with Crippen LogP contribution < -0.4 is 5.43 Å². The van der Waals surface area contributed by atoms with Crippen molar-refractivity contribution in [2.45, 2.75) is 34.1 Å². The molecule has 0 saturated heterocycles. The molecule has 0 amide bonds. The molecule has 1 rings (SSSR count). The number of nitrogens with zero attached hydrogens (tertiary/aromatic N) is 2. The third-order valence-corrected chi connectivity index (χ3v) is 3.14. The normalized spacial score (nSPS) is 22.8. The van der Waals surface area contributed by atoms with Gasteiger partial charge < -0.3 is 10.6 Å². The lowest BCUT2D eigenvalue weighted by Crippen LogP contribution is -2.43. The number of aliphatic imine (C=N–C) groups is 1. The molecule has 76 valence electrons. The molecule has 1 aliphatic rings. The summed E-state index contributed by atoms with van der Waals surface area (Å²) in [5.41, 5.74) is 2.75. The van der Waals surface area contributed by atoms with Gasteiger partial charge in [0.1, 0.15) is 5.84 Å². The summed E-state index contributed by atoms with van der Waals surface area (Å²) in [6.07, 6.45) is 0.990. The zero-order chi connectivity index (χ0) is 10.1. The molecule has 0 fully saturated rings. The molecule has 4 nitrogen and oxygen atoms in total. The Bertz CT molecular complexity index is 215. The molecule has 1 aliphatic heterocycles. The van der Waals surface area contributed by atoms with Crippen LogP contribution in [0.25, 0.3) is 0 Å². The van der Waals surface area contributed by atoms with E-state index < -0.39 is 0 Å². The van der Waals surface area contributed by atoms with Crippen molar-refractivity contribution in [2.24, 2.45) is 16.3 Å². The van der Waals surface area contributed by atoms with Crippen LogP contribution >= 0.6 is 0 Å². The topological polar surface area (TPSA) is 50.7 Å². The summed E-state index contributed by atoms with van der Waals surface area (Å²) in [6.45, 7) is 8.79. The van der Waals surface area contributed by atoms with Gasteiger partial charge >= 0.3 is 0 Å². The molecule has 0 aliphatic carbocycles. The lowest BCUT2D eigenvalue weighted by atomic mass is 9.76. The minimum Gasteiger partial charge on any atom is -0.766 e. The molecule has 1 heterocycles. The van der Waals surface area contributed by atoms with Crippen LogP contribution in [0, 0.1) is 16.5 Å². The van der Waals surface area contributed by atoms with Crippen molar-refractivity contribution in [1.82, 2.24) is 10.6 Å². The molecule has 0 saturated carbocycles. The number of nitrogens with one attached hydrogen (secondary N) is 1. The van der Waals surface area contributed by atoms with Gasteiger partial charge in [-0.2, -0.15) is 0 Å². The quantitative estimate of drug-likeness (QED) is 0.726. The predicted molar refractivity (Wildman–Crippen MR) is 53.9 cm³/mol. The second-order valence-electron chi connectivity index (χ2n) is 4.06. The molecule has 0 aromatic carbocycles. The standard InChI is InChI=1S/C9H18N3O/c1-5-9(4,7(2)3)8-10-6-12(13)11-8/h7H,5-6H2,1-4H3,(H,10,11)/q-1. The minimum atomic E-state index is -0.000833. The van der Waals surface area contributed by atoms with E-state index in [0.717, 1.165) is 17.4 Å². The van der Waals surface area contributed by atoms with Gasteiger partial charge in [0.05, 0.1) is 6.67 Å². The van der Waals surface area contributed by atoms with E-state index in [1.165, 1.54) is 0 Å². The lowest BCUT2D eigenvalue weighted by molar-refractivity contribution is 0.292. The van der Waals surface area contributed by atoms with Crippen molar-refractivity contribution in [1.29, 1.82) is 0 Å². The summed E-state index contributed by atoms with van der Waals surface area (Å²) >= 11 is 0. The molecule has 0 radical (unpaired) electrons. The Morgan fingerprint density at radius 2 is 2.31 bits per heavy atom. The van der Waals surface area contributed by atoms with Crippen LogP contribution in [0.3, 0.4) is 0 Å². The zero-order valence-electron chi connectivity index (χ0n) is 8.79. The maximum Gasteiger partial charge on any atom is 0.118 e. The molecular weight excluding hydrogens is 166 g/mol. The first kappa shape index (κ1) is 10.5. The van der Waals surface area contributed by atoms with Crippen LogP contribution in [0.5, 0.6) is 0 Å². The second-order valence-corrected chi connectivity index (χ2v) is 4.06. The first-order valence-electron chi connectivity index (χ1n) is 4.77. The predicted octanol–water partition coefficient (Wildman–Crippen LogP) is 1.73. The molecule has 1 unspecified atom stereocenters. The molecular formula is C9H18N3O-. The third-order valence-electron chi connectivity index (χ3n) is 3.14. The fourth-order valence-corrected chi connectivity index (χ4v) is 1.48. The summed E-state index contributed by atoms with van der Waals surface area (Å²) in [7, 11) is 0. The van der Waals surface area contributed by atoms with E-state index in [2.05, 4.69) is 38.1 Å². The van der Waals surface area contributed by atoms with Gasteiger partial charge in [0.2, 0.25) is 0 Å². The average Bonchev–Trinajstić information content (AvgIpc) is 2.50. The van der Waals surface area contributed by atoms with Gasteiger partial charge in [0.25, 0.3) is 0 Å². The summed E-state index contributed by atoms with van der Waals surface area (Å²) in [5.74, 6) is 1.32. The first-order chi connectivity index (χ1) is 6.00. The van der Waals surface area contributed by atoms with Crippen molar-refractivity contribution in [3.63, 3.8) is 0 Å². The minimum absolute atomic E-state index is 0.000833. The summed E-state index contributed by atoms with van der Waals surface area (Å²) < 4.78 is 0. The highest BCUT2D eigenvalue weighted by atomic mass is 16.5. The number of hydrazine groups is 1. The van der Waals surface area contributed by atoms with Crippen LogP contribution in [-0.2, 0) is 0 Å². The Morgan fingerprint density at radius 3 is 2.62 bits per heavy atom. The van der Waals surface area contributed by atoms with Gasteiger partial charge in [-0.25, -0.2) is 0 Å². The molecule has 0 spiro atoms. The van der Waals surface area contributed by atoms with Crippen molar-refractivity contribution < 1.29 is 0 Å². The van der Waals surface area contributed by atoms with E-state index in [0.29, 0.717) is 5.92 Å². The maximum atomic E-state index is 10.9. The van der Waals surface area contributed by atoms with Crippen LogP contribution in [0.1, 0.15) is 34.1 Å². The zero-order valence-corrected chi connectivity index (χ0v) is 8.79. The van der Waals surface area contributed by atoms with Crippen molar-refractivity contribution in [2.75, 3.05) is 6.67 Å². The molecule has 4 heteroatoms. The van der Waals surface area contributed by atoms with Gasteiger partial charge in [0.15, 0.2) is 0 Å². The number of amidine groups is 1. The third kappa shape index (κ3) is 1.84. The smallest absolute Gasteiger partial charge is 0.118 e. The fraction of sp³-hybridized carbons (Fsp3) is 0.889. The van der Waals surface area contributed by atoms with Crippen LogP contribution in [0.4, 0.5) is 0 Å². The lowest BCUT2D eigenvalue weighted by Gasteiger charge is -2.34. The monoisotopic (exact) mass is 184 g/mol. The van der Waals surface area contributed by atoms with E-state index in [1.54, 1.807) is 0 Å². The molecule has 0 aromatic heterocycles. The summed E-state index contributed by atoms with van der Waals surface area (Å²) in [5, 5.41) is 11.7. The Morgan fingerprint density at radius 1 is 1.69 bits per heavy atom. The second kappa shape index (κ2) is 3.64. The van der Waals surface area contributed by atoms with Crippen LogP contribution in [0.2, 0.25) is 0 Å². The van der Waals surface area contributed by atoms with Crippen molar-refractivity contribution >= 4 is 5.84 Å². The maximum absolute atomic E-state index is 10.9. The van der Waals surface area contributed by atoms with Crippen LogP contribution in [0.15, 0.2) is 4.99 Å². The Hall–Kier alpha value is -0.610. The van der Waals surface area contributed by atoms with Gasteiger partial charge in [-0.15, -0.1) is 0 Å².